The first kappa shape index (κ1) is 16.7. The van der Waals surface area contributed by atoms with Crippen molar-refractivity contribution in [2.24, 2.45) is 4.99 Å². The first-order valence-electron chi connectivity index (χ1n) is 9.65. The lowest BCUT2D eigenvalue weighted by atomic mass is 9.86. The summed E-state index contributed by atoms with van der Waals surface area (Å²) in [5, 5.41) is 7.08. The number of hydrogen-bond donors (Lipinski definition) is 2. The zero-order valence-electron chi connectivity index (χ0n) is 15.1. The first-order chi connectivity index (χ1) is 12.3. The van der Waals surface area contributed by atoms with Gasteiger partial charge in [0, 0.05) is 32.2 Å². The molecule has 25 heavy (non-hydrogen) atoms. The van der Waals surface area contributed by atoms with E-state index < -0.39 is 0 Å². The molecule has 1 saturated carbocycles. The van der Waals surface area contributed by atoms with Gasteiger partial charge in [-0.05, 0) is 44.6 Å². The molecule has 3 aliphatic rings. The minimum Gasteiger partial charge on any atom is -0.487 e. The lowest BCUT2D eigenvalue weighted by Crippen LogP contribution is -2.47. The van der Waals surface area contributed by atoms with Crippen molar-refractivity contribution in [2.45, 2.75) is 62.7 Å². The maximum absolute atomic E-state index is 6.45. The van der Waals surface area contributed by atoms with Crippen LogP contribution in [0.1, 0.15) is 56.6 Å². The fourth-order valence-electron chi connectivity index (χ4n) is 4.45. The smallest absolute Gasteiger partial charge is 0.191 e. The van der Waals surface area contributed by atoms with Crippen molar-refractivity contribution >= 4 is 5.96 Å². The molecule has 1 aromatic rings. The van der Waals surface area contributed by atoms with E-state index in [9.17, 15) is 0 Å². The van der Waals surface area contributed by atoms with Gasteiger partial charge in [0.25, 0.3) is 0 Å². The van der Waals surface area contributed by atoms with Crippen LogP contribution in [0.3, 0.4) is 0 Å². The Morgan fingerprint density at radius 1 is 1.24 bits per heavy atom. The molecule has 1 spiro atoms. The van der Waals surface area contributed by atoms with Gasteiger partial charge in [0.05, 0.1) is 12.1 Å². The van der Waals surface area contributed by atoms with E-state index in [0.29, 0.717) is 6.10 Å². The Hall–Kier alpha value is -1.75. The van der Waals surface area contributed by atoms with E-state index >= 15 is 0 Å². The zero-order chi connectivity index (χ0) is 17.1. The SMILES string of the molecule is CN=C(NCC1CCCO1)NC1CC2(CCCC2)Oc2ccccc21. The topological polar surface area (TPSA) is 54.9 Å². The number of para-hydroxylation sites is 1. The van der Waals surface area contributed by atoms with Crippen LogP contribution in [0.5, 0.6) is 5.75 Å². The van der Waals surface area contributed by atoms with Crippen LogP contribution in [-0.2, 0) is 4.74 Å². The van der Waals surface area contributed by atoms with Crippen molar-refractivity contribution < 1.29 is 9.47 Å². The van der Waals surface area contributed by atoms with Crippen molar-refractivity contribution in [3.63, 3.8) is 0 Å². The van der Waals surface area contributed by atoms with Gasteiger partial charge in [0.1, 0.15) is 11.4 Å². The Kier molecular flexibility index (Phi) is 4.84. The van der Waals surface area contributed by atoms with Crippen molar-refractivity contribution in [2.75, 3.05) is 20.2 Å². The predicted octanol–water partition coefficient (Wildman–Crippen LogP) is 3.17. The maximum Gasteiger partial charge on any atom is 0.191 e. The Labute approximate surface area is 150 Å². The van der Waals surface area contributed by atoms with Crippen LogP contribution in [0.2, 0.25) is 0 Å². The highest BCUT2D eigenvalue weighted by atomic mass is 16.5. The molecule has 2 N–H and O–H groups in total. The number of nitrogens with zero attached hydrogens (tertiary/aromatic N) is 1. The van der Waals surface area contributed by atoms with Crippen LogP contribution in [0.15, 0.2) is 29.3 Å². The minimum atomic E-state index is -0.000561. The van der Waals surface area contributed by atoms with Crippen LogP contribution in [0, 0.1) is 0 Å². The third-order valence-electron chi connectivity index (χ3n) is 5.77. The number of hydrogen-bond acceptors (Lipinski definition) is 3. The number of nitrogens with one attached hydrogen (secondary N) is 2. The van der Waals surface area contributed by atoms with Gasteiger partial charge in [-0.1, -0.05) is 18.2 Å². The van der Waals surface area contributed by atoms with Crippen LogP contribution in [0.25, 0.3) is 0 Å². The van der Waals surface area contributed by atoms with Crippen molar-refractivity contribution in [1.29, 1.82) is 0 Å². The van der Waals surface area contributed by atoms with Crippen LogP contribution in [0.4, 0.5) is 0 Å². The van der Waals surface area contributed by atoms with E-state index in [1.807, 2.05) is 7.05 Å². The number of ether oxygens (including phenoxy) is 2. The normalized spacial score (nSPS) is 27.8. The fraction of sp³-hybridized carbons (Fsp3) is 0.650. The summed E-state index contributed by atoms with van der Waals surface area (Å²) in [4.78, 5) is 4.43. The van der Waals surface area contributed by atoms with Gasteiger partial charge in [-0.25, -0.2) is 0 Å². The monoisotopic (exact) mass is 343 g/mol. The molecule has 2 atom stereocenters. The first-order valence-corrected chi connectivity index (χ1v) is 9.65. The number of fused-ring (bicyclic) bond motifs is 1. The molecule has 0 aromatic heterocycles. The zero-order valence-corrected chi connectivity index (χ0v) is 15.1. The molecule has 2 unspecified atom stereocenters. The summed E-state index contributed by atoms with van der Waals surface area (Å²) >= 11 is 0. The van der Waals surface area contributed by atoms with Gasteiger partial charge >= 0.3 is 0 Å². The summed E-state index contributed by atoms with van der Waals surface area (Å²) in [6.45, 7) is 1.70. The molecule has 4 rings (SSSR count). The van der Waals surface area contributed by atoms with Gasteiger partial charge in [0.2, 0.25) is 0 Å². The summed E-state index contributed by atoms with van der Waals surface area (Å²) in [6.07, 6.45) is 8.44. The van der Waals surface area contributed by atoms with Crippen LogP contribution < -0.4 is 15.4 Å². The second kappa shape index (κ2) is 7.24. The van der Waals surface area contributed by atoms with Gasteiger partial charge in [-0.15, -0.1) is 0 Å². The lowest BCUT2D eigenvalue weighted by Gasteiger charge is -2.40. The summed E-state index contributed by atoms with van der Waals surface area (Å²) in [5.41, 5.74) is 1.24. The van der Waals surface area contributed by atoms with E-state index in [1.54, 1.807) is 0 Å². The van der Waals surface area contributed by atoms with E-state index in [-0.39, 0.29) is 11.6 Å². The lowest BCUT2D eigenvalue weighted by molar-refractivity contribution is 0.0395. The molecule has 0 amide bonds. The highest BCUT2D eigenvalue weighted by Gasteiger charge is 2.43. The summed E-state index contributed by atoms with van der Waals surface area (Å²) in [5.74, 6) is 1.88. The van der Waals surface area contributed by atoms with E-state index in [1.165, 1.54) is 18.4 Å². The molecule has 0 radical (unpaired) electrons. The Morgan fingerprint density at radius 3 is 2.84 bits per heavy atom. The van der Waals surface area contributed by atoms with Gasteiger partial charge in [-0.2, -0.15) is 0 Å². The average Bonchev–Trinajstić information content (AvgIpc) is 3.31. The third kappa shape index (κ3) is 3.61. The number of guanidine groups is 1. The van der Waals surface area contributed by atoms with E-state index in [2.05, 4.69) is 39.9 Å². The summed E-state index contributed by atoms with van der Waals surface area (Å²) in [7, 11) is 1.83. The molecule has 2 fully saturated rings. The number of benzene rings is 1. The minimum absolute atomic E-state index is 0.000561. The molecule has 5 heteroatoms. The highest BCUT2D eigenvalue weighted by molar-refractivity contribution is 5.80. The second-order valence-electron chi connectivity index (χ2n) is 7.52. The van der Waals surface area contributed by atoms with E-state index in [4.69, 9.17) is 9.47 Å². The van der Waals surface area contributed by atoms with Gasteiger partial charge < -0.3 is 20.1 Å². The molecule has 0 bridgehead atoms. The van der Waals surface area contributed by atoms with Crippen LogP contribution >= 0.6 is 0 Å². The number of aliphatic imine (C=N–C) groups is 1. The largest absolute Gasteiger partial charge is 0.487 e. The quantitative estimate of drug-likeness (QED) is 0.654. The summed E-state index contributed by atoms with van der Waals surface area (Å²) < 4.78 is 12.2. The fourth-order valence-corrected chi connectivity index (χ4v) is 4.45. The average molecular weight is 343 g/mol. The third-order valence-corrected chi connectivity index (χ3v) is 5.77. The molecule has 136 valence electrons. The molecule has 1 saturated heterocycles. The van der Waals surface area contributed by atoms with Crippen molar-refractivity contribution in [1.82, 2.24) is 10.6 Å². The van der Waals surface area contributed by atoms with E-state index in [0.717, 1.165) is 57.0 Å². The Balaban J connectivity index is 1.47. The molecule has 2 heterocycles. The summed E-state index contributed by atoms with van der Waals surface area (Å²) in [6, 6.07) is 8.66. The Morgan fingerprint density at radius 2 is 2.08 bits per heavy atom. The Bertz CT molecular complexity index is 619. The molecular formula is C20H29N3O2. The maximum atomic E-state index is 6.45. The van der Waals surface area contributed by atoms with Crippen molar-refractivity contribution in [3.8, 4) is 5.75 Å². The van der Waals surface area contributed by atoms with Crippen molar-refractivity contribution in [3.05, 3.63) is 29.8 Å². The molecule has 1 aliphatic carbocycles. The standard InChI is InChI=1S/C20H29N3O2/c1-21-19(22-14-15-7-6-12-24-15)23-17-13-20(10-4-5-11-20)25-18-9-3-2-8-16(17)18/h2-3,8-9,15,17H,4-7,10-14H2,1H3,(H2,21,22,23). The van der Waals surface area contributed by atoms with Crippen LogP contribution in [-0.4, -0.2) is 37.9 Å². The number of rotatable bonds is 3. The molecule has 5 nitrogen and oxygen atoms in total. The highest BCUT2D eigenvalue weighted by Crippen LogP contribution is 2.46. The molecular weight excluding hydrogens is 314 g/mol. The van der Waals surface area contributed by atoms with Gasteiger partial charge in [-0.3, -0.25) is 4.99 Å². The molecule has 2 aliphatic heterocycles. The predicted molar refractivity (Wildman–Crippen MR) is 99.1 cm³/mol. The molecule has 1 aromatic carbocycles. The van der Waals surface area contributed by atoms with Gasteiger partial charge in [0.15, 0.2) is 5.96 Å². The second-order valence-corrected chi connectivity index (χ2v) is 7.52.